The number of nitrogens with zero attached hydrogens (tertiary/aromatic N) is 2. The summed E-state index contributed by atoms with van der Waals surface area (Å²) in [4.78, 5) is 14.7. The van der Waals surface area contributed by atoms with Gasteiger partial charge < -0.3 is 14.1 Å². The van der Waals surface area contributed by atoms with E-state index in [9.17, 15) is 9.18 Å². The van der Waals surface area contributed by atoms with Crippen LogP contribution in [0.15, 0.2) is 21.3 Å². The fourth-order valence-corrected chi connectivity index (χ4v) is 4.16. The molecule has 0 aliphatic carbocycles. The molecule has 1 aromatic heterocycles. The molecule has 1 atom stereocenters. The summed E-state index contributed by atoms with van der Waals surface area (Å²) in [6.45, 7) is 7.10. The molecule has 1 fully saturated rings. The Labute approximate surface area is 174 Å². The zero-order valence-electron chi connectivity index (χ0n) is 16.5. The molecule has 1 aliphatic heterocycles. The summed E-state index contributed by atoms with van der Waals surface area (Å²) < 4.78 is 26.7. The first-order valence-electron chi connectivity index (χ1n) is 9.34. The van der Waals surface area contributed by atoms with Crippen LogP contribution in [0.25, 0.3) is 5.69 Å². The standard InChI is InChI=1S/C20H25Cl2FN2O3/c1-20(2,3)17-18(22)25(19(26)28-17)15-11-16(13(21)10-14(15)23)27-9-7-12-6-5-8-24(12)4/h10-12H,5-9H2,1-4H3. The first-order chi connectivity index (χ1) is 13.1. The molecule has 3 rings (SSSR count). The molecule has 0 saturated carbocycles. The van der Waals surface area contributed by atoms with E-state index in [-0.39, 0.29) is 15.9 Å². The monoisotopic (exact) mass is 430 g/mol. The molecule has 8 heteroatoms. The smallest absolute Gasteiger partial charge is 0.425 e. The Hall–Kier alpha value is -1.50. The molecular weight excluding hydrogens is 406 g/mol. The molecule has 2 heterocycles. The first kappa shape index (κ1) is 21.2. The Bertz CT molecular complexity index is 917. The minimum absolute atomic E-state index is 0.0391. The number of hydrogen-bond acceptors (Lipinski definition) is 4. The highest BCUT2D eigenvalue weighted by Crippen LogP contribution is 2.34. The molecule has 0 spiro atoms. The largest absolute Gasteiger partial charge is 0.492 e. The van der Waals surface area contributed by atoms with Gasteiger partial charge in [0.1, 0.15) is 11.6 Å². The van der Waals surface area contributed by atoms with Crippen LogP contribution in [-0.2, 0) is 5.41 Å². The highest BCUT2D eigenvalue weighted by molar-refractivity contribution is 6.32. The second kappa shape index (κ2) is 8.09. The lowest BCUT2D eigenvalue weighted by atomic mass is 9.94. The molecule has 0 amide bonds. The van der Waals surface area contributed by atoms with Crippen LogP contribution in [0.5, 0.6) is 5.75 Å². The third kappa shape index (κ3) is 4.24. The Balaban J connectivity index is 1.88. The van der Waals surface area contributed by atoms with Gasteiger partial charge in [-0.25, -0.2) is 13.8 Å². The number of rotatable bonds is 5. The van der Waals surface area contributed by atoms with Crippen molar-refractivity contribution >= 4 is 23.2 Å². The highest BCUT2D eigenvalue weighted by atomic mass is 35.5. The summed E-state index contributed by atoms with van der Waals surface area (Å²) in [6.07, 6.45) is 3.17. The number of ether oxygens (including phenoxy) is 1. The molecule has 2 aromatic rings. The van der Waals surface area contributed by atoms with E-state index in [2.05, 4.69) is 11.9 Å². The quantitative estimate of drug-likeness (QED) is 0.666. The van der Waals surface area contributed by atoms with Crippen molar-refractivity contribution in [2.24, 2.45) is 0 Å². The van der Waals surface area contributed by atoms with Crippen LogP contribution in [0, 0.1) is 5.82 Å². The highest BCUT2D eigenvalue weighted by Gasteiger charge is 2.28. The van der Waals surface area contributed by atoms with Gasteiger partial charge in [-0.1, -0.05) is 44.0 Å². The maximum Gasteiger partial charge on any atom is 0.425 e. The minimum atomic E-state index is -0.755. The number of halogens is 3. The maximum absolute atomic E-state index is 14.6. The van der Waals surface area contributed by atoms with Gasteiger partial charge in [-0.05, 0) is 38.9 Å². The Morgan fingerprint density at radius 3 is 2.61 bits per heavy atom. The van der Waals surface area contributed by atoms with Gasteiger partial charge in [0, 0.05) is 17.5 Å². The number of oxazole rings is 1. The number of likely N-dealkylation sites (tertiary alicyclic amines) is 1. The van der Waals surface area contributed by atoms with E-state index >= 15 is 0 Å². The van der Waals surface area contributed by atoms with Crippen LogP contribution in [0.2, 0.25) is 10.2 Å². The van der Waals surface area contributed by atoms with Crippen molar-refractivity contribution in [2.75, 3.05) is 20.2 Å². The number of aromatic nitrogens is 1. The van der Waals surface area contributed by atoms with E-state index in [0.717, 1.165) is 30.0 Å². The summed E-state index contributed by atoms with van der Waals surface area (Å²) in [6, 6.07) is 2.99. The van der Waals surface area contributed by atoms with Crippen molar-refractivity contribution in [1.29, 1.82) is 0 Å². The van der Waals surface area contributed by atoms with Crippen molar-refractivity contribution in [3.63, 3.8) is 0 Å². The molecule has 1 saturated heterocycles. The zero-order chi connectivity index (χ0) is 20.6. The fourth-order valence-electron chi connectivity index (χ4n) is 3.47. The van der Waals surface area contributed by atoms with Crippen LogP contribution < -0.4 is 10.5 Å². The lowest BCUT2D eigenvalue weighted by Gasteiger charge is -2.19. The van der Waals surface area contributed by atoms with Gasteiger partial charge in [-0.2, -0.15) is 0 Å². The molecule has 28 heavy (non-hydrogen) atoms. The van der Waals surface area contributed by atoms with Crippen molar-refractivity contribution in [3.05, 3.63) is 44.4 Å². The molecule has 5 nitrogen and oxygen atoms in total. The summed E-state index contributed by atoms with van der Waals surface area (Å²) in [5.74, 6) is -0.840. The average Bonchev–Trinajstić information content (AvgIpc) is 3.13. The molecular formula is C20H25Cl2FN2O3. The summed E-state index contributed by atoms with van der Waals surface area (Å²) in [7, 11) is 2.10. The molecule has 1 unspecified atom stereocenters. The lowest BCUT2D eigenvalue weighted by molar-refractivity contribution is 0.233. The van der Waals surface area contributed by atoms with Crippen molar-refractivity contribution < 1.29 is 13.5 Å². The summed E-state index contributed by atoms with van der Waals surface area (Å²) >= 11 is 12.5. The second-order valence-electron chi connectivity index (χ2n) is 8.22. The number of hydrogen-bond donors (Lipinski definition) is 0. The van der Waals surface area contributed by atoms with Gasteiger partial charge in [0.2, 0.25) is 0 Å². The molecule has 0 radical (unpaired) electrons. The summed E-state index contributed by atoms with van der Waals surface area (Å²) in [5, 5.41) is 0.182. The molecule has 0 bridgehead atoms. The van der Waals surface area contributed by atoms with Crippen molar-refractivity contribution in [1.82, 2.24) is 9.47 Å². The molecule has 1 aliphatic rings. The van der Waals surface area contributed by atoms with Crippen LogP contribution >= 0.6 is 23.2 Å². The van der Waals surface area contributed by atoms with Crippen LogP contribution in [0.1, 0.15) is 45.8 Å². The van der Waals surface area contributed by atoms with Gasteiger partial charge in [-0.3, -0.25) is 0 Å². The normalized spacial score (nSPS) is 18.0. The maximum atomic E-state index is 14.6. The zero-order valence-corrected chi connectivity index (χ0v) is 18.0. The van der Waals surface area contributed by atoms with E-state index in [0.29, 0.717) is 24.2 Å². The van der Waals surface area contributed by atoms with Gasteiger partial charge in [0.15, 0.2) is 10.9 Å². The van der Waals surface area contributed by atoms with Crippen molar-refractivity contribution in [2.45, 2.75) is 51.5 Å². The first-order valence-corrected chi connectivity index (χ1v) is 10.1. The average molecular weight is 431 g/mol. The lowest BCUT2D eigenvalue weighted by Crippen LogP contribution is -2.26. The third-order valence-electron chi connectivity index (χ3n) is 5.06. The topological polar surface area (TPSA) is 47.6 Å². The van der Waals surface area contributed by atoms with Gasteiger partial charge in [-0.15, -0.1) is 0 Å². The number of benzene rings is 1. The fraction of sp³-hybridized carbons (Fsp3) is 0.550. The van der Waals surface area contributed by atoms with Gasteiger partial charge in [0.25, 0.3) is 0 Å². The Kier molecular flexibility index (Phi) is 6.13. The van der Waals surface area contributed by atoms with Crippen LogP contribution in [-0.4, -0.2) is 35.7 Å². The second-order valence-corrected chi connectivity index (χ2v) is 8.99. The van der Waals surface area contributed by atoms with Crippen LogP contribution in [0.3, 0.4) is 0 Å². The van der Waals surface area contributed by atoms with Crippen LogP contribution in [0.4, 0.5) is 4.39 Å². The van der Waals surface area contributed by atoms with Crippen molar-refractivity contribution in [3.8, 4) is 11.4 Å². The van der Waals surface area contributed by atoms with E-state index in [1.54, 1.807) is 0 Å². The summed E-state index contributed by atoms with van der Waals surface area (Å²) in [5.41, 5.74) is -0.552. The van der Waals surface area contributed by atoms with E-state index in [4.69, 9.17) is 32.4 Å². The Morgan fingerprint density at radius 1 is 1.32 bits per heavy atom. The Morgan fingerprint density at radius 2 is 2.04 bits per heavy atom. The SMILES string of the molecule is CN1CCCC1CCOc1cc(-n2c(Cl)c(C(C)(C)C)oc2=O)c(F)cc1Cl. The molecule has 0 N–H and O–H groups in total. The molecule has 154 valence electrons. The molecule has 1 aromatic carbocycles. The third-order valence-corrected chi connectivity index (χ3v) is 5.70. The van der Waals surface area contributed by atoms with Gasteiger partial charge >= 0.3 is 5.76 Å². The van der Waals surface area contributed by atoms with E-state index in [1.807, 2.05) is 20.8 Å². The minimum Gasteiger partial charge on any atom is -0.492 e. The predicted octanol–water partition coefficient (Wildman–Crippen LogP) is 5.04. The van der Waals surface area contributed by atoms with Gasteiger partial charge in [0.05, 0.1) is 17.3 Å². The predicted molar refractivity (Wildman–Crippen MR) is 109 cm³/mol. The van der Waals surface area contributed by atoms with E-state index < -0.39 is 17.0 Å². The van der Waals surface area contributed by atoms with E-state index in [1.165, 1.54) is 12.5 Å².